The van der Waals surface area contributed by atoms with E-state index in [1.165, 1.54) is 0 Å². The number of thiol groups is 1. The maximum atomic E-state index is 5.86. The van der Waals surface area contributed by atoms with Gasteiger partial charge < -0.3 is 0 Å². The van der Waals surface area contributed by atoms with Gasteiger partial charge in [-0.3, -0.25) is 0 Å². The van der Waals surface area contributed by atoms with Crippen LogP contribution >= 0.6 is 24.2 Å². The predicted molar refractivity (Wildman–Crippen MR) is 64.1 cm³/mol. The van der Waals surface area contributed by atoms with Gasteiger partial charge >= 0.3 is 0 Å². The molecule has 0 radical (unpaired) electrons. The zero-order chi connectivity index (χ0) is 9.97. The first-order chi connectivity index (χ1) is 6.77. The van der Waals surface area contributed by atoms with E-state index in [0.717, 1.165) is 21.0 Å². The molecule has 0 unspecified atom stereocenters. The van der Waals surface area contributed by atoms with Crippen LogP contribution in [0.3, 0.4) is 0 Å². The van der Waals surface area contributed by atoms with Crippen molar-refractivity contribution in [2.45, 2.75) is 4.90 Å². The van der Waals surface area contributed by atoms with Crippen molar-refractivity contribution >= 4 is 24.2 Å². The molecule has 0 spiro atoms. The van der Waals surface area contributed by atoms with E-state index < -0.39 is 0 Å². The molecule has 14 heavy (non-hydrogen) atoms. The highest BCUT2D eigenvalue weighted by atomic mass is 35.5. The maximum Gasteiger partial charge on any atom is 0.0417 e. The van der Waals surface area contributed by atoms with Gasteiger partial charge in [0.2, 0.25) is 0 Å². The summed E-state index contributed by atoms with van der Waals surface area (Å²) in [6, 6.07) is 15.9. The van der Waals surface area contributed by atoms with Gasteiger partial charge in [0.15, 0.2) is 0 Å². The topological polar surface area (TPSA) is 0 Å². The maximum absolute atomic E-state index is 5.86. The second kappa shape index (κ2) is 4.07. The smallest absolute Gasteiger partial charge is 0.0417 e. The van der Waals surface area contributed by atoms with Gasteiger partial charge in [-0.2, -0.15) is 0 Å². The van der Waals surface area contributed by atoms with E-state index in [4.69, 9.17) is 11.6 Å². The summed E-state index contributed by atoms with van der Waals surface area (Å²) in [6.45, 7) is 0. The number of hydrogen-bond donors (Lipinski definition) is 1. The highest BCUT2D eigenvalue weighted by Crippen LogP contribution is 2.28. The van der Waals surface area contributed by atoms with Crippen LogP contribution in [0.15, 0.2) is 53.4 Å². The Hall–Kier alpha value is -0.920. The first-order valence-corrected chi connectivity index (χ1v) is 5.14. The van der Waals surface area contributed by atoms with E-state index >= 15 is 0 Å². The summed E-state index contributed by atoms with van der Waals surface area (Å²) in [7, 11) is 0. The summed E-state index contributed by atoms with van der Waals surface area (Å²) in [6.07, 6.45) is 0. The SMILES string of the molecule is Sc1cc(Cl)ccc1-c1ccccc1. The van der Waals surface area contributed by atoms with E-state index in [0.29, 0.717) is 0 Å². The molecule has 0 aromatic heterocycles. The molecule has 0 atom stereocenters. The molecule has 2 heteroatoms. The lowest BCUT2D eigenvalue weighted by molar-refractivity contribution is 1.46. The Kier molecular flexibility index (Phi) is 2.80. The second-order valence-corrected chi connectivity index (χ2v) is 3.95. The fourth-order valence-corrected chi connectivity index (χ4v) is 1.96. The molecule has 0 saturated carbocycles. The van der Waals surface area contributed by atoms with Crippen molar-refractivity contribution in [1.29, 1.82) is 0 Å². The molecule has 2 aromatic carbocycles. The van der Waals surface area contributed by atoms with E-state index in [1.54, 1.807) is 0 Å². The van der Waals surface area contributed by atoms with Crippen molar-refractivity contribution < 1.29 is 0 Å². The third-order valence-electron chi connectivity index (χ3n) is 2.04. The molecule has 0 aliphatic rings. The van der Waals surface area contributed by atoms with Crippen molar-refractivity contribution in [2.75, 3.05) is 0 Å². The van der Waals surface area contributed by atoms with E-state index in [-0.39, 0.29) is 0 Å². The molecule has 0 N–H and O–H groups in total. The van der Waals surface area contributed by atoms with Crippen LogP contribution in [0, 0.1) is 0 Å². The van der Waals surface area contributed by atoms with Gasteiger partial charge in [-0.15, -0.1) is 12.6 Å². The Morgan fingerprint density at radius 3 is 2.29 bits per heavy atom. The summed E-state index contributed by atoms with van der Waals surface area (Å²) < 4.78 is 0. The van der Waals surface area contributed by atoms with Crippen LogP contribution in [-0.2, 0) is 0 Å². The standard InChI is InChI=1S/C12H9ClS/c13-10-6-7-11(12(14)8-10)9-4-2-1-3-5-9/h1-8,14H. The second-order valence-electron chi connectivity index (χ2n) is 3.03. The molecule has 2 aromatic rings. The first kappa shape index (κ1) is 9.63. The molecular weight excluding hydrogens is 212 g/mol. The summed E-state index contributed by atoms with van der Waals surface area (Å²) in [5, 5.41) is 0.717. The lowest BCUT2D eigenvalue weighted by atomic mass is 10.1. The predicted octanol–water partition coefficient (Wildman–Crippen LogP) is 4.30. The van der Waals surface area contributed by atoms with E-state index in [9.17, 15) is 0 Å². The van der Waals surface area contributed by atoms with Gasteiger partial charge in [-0.25, -0.2) is 0 Å². The summed E-state index contributed by atoms with van der Waals surface area (Å²) in [5.74, 6) is 0. The highest BCUT2D eigenvalue weighted by Gasteiger charge is 2.01. The quantitative estimate of drug-likeness (QED) is 0.681. The van der Waals surface area contributed by atoms with Crippen LogP contribution in [0.2, 0.25) is 5.02 Å². The van der Waals surface area contributed by atoms with Crippen LogP contribution in [0.4, 0.5) is 0 Å². The minimum atomic E-state index is 0.717. The third-order valence-corrected chi connectivity index (χ3v) is 2.65. The zero-order valence-electron chi connectivity index (χ0n) is 7.44. The van der Waals surface area contributed by atoms with Crippen molar-refractivity contribution in [3.8, 4) is 11.1 Å². The molecule has 0 aliphatic heterocycles. The van der Waals surface area contributed by atoms with Gasteiger partial charge in [0.25, 0.3) is 0 Å². The van der Waals surface area contributed by atoms with Crippen LogP contribution in [-0.4, -0.2) is 0 Å². The fourth-order valence-electron chi connectivity index (χ4n) is 1.37. The molecule has 0 saturated heterocycles. The largest absolute Gasteiger partial charge is 0.143 e. The lowest BCUT2D eigenvalue weighted by Crippen LogP contribution is -1.79. The third kappa shape index (κ3) is 1.94. The summed E-state index contributed by atoms with van der Waals surface area (Å²) in [4.78, 5) is 0.906. The van der Waals surface area contributed by atoms with Crippen molar-refractivity contribution in [3.63, 3.8) is 0 Å². The van der Waals surface area contributed by atoms with Crippen LogP contribution < -0.4 is 0 Å². The molecule has 0 heterocycles. The average Bonchev–Trinajstić information content (AvgIpc) is 2.19. The number of halogens is 1. The lowest BCUT2D eigenvalue weighted by Gasteiger charge is -2.04. The van der Waals surface area contributed by atoms with Crippen molar-refractivity contribution in [3.05, 3.63) is 53.6 Å². The molecule has 0 bridgehead atoms. The summed E-state index contributed by atoms with van der Waals surface area (Å²) in [5.41, 5.74) is 2.27. The first-order valence-electron chi connectivity index (χ1n) is 4.31. The van der Waals surface area contributed by atoms with Gasteiger partial charge in [0, 0.05) is 9.92 Å². The Balaban J connectivity index is 2.53. The minimum Gasteiger partial charge on any atom is -0.143 e. The van der Waals surface area contributed by atoms with Gasteiger partial charge in [-0.1, -0.05) is 48.0 Å². The van der Waals surface area contributed by atoms with Crippen LogP contribution in [0.5, 0.6) is 0 Å². The molecule has 70 valence electrons. The fraction of sp³-hybridized carbons (Fsp3) is 0. The number of rotatable bonds is 1. The van der Waals surface area contributed by atoms with Crippen LogP contribution in [0.1, 0.15) is 0 Å². The number of hydrogen-bond acceptors (Lipinski definition) is 1. The minimum absolute atomic E-state index is 0.717. The average molecular weight is 221 g/mol. The normalized spacial score (nSPS) is 10.1. The highest BCUT2D eigenvalue weighted by molar-refractivity contribution is 7.80. The molecule has 0 aliphatic carbocycles. The molecule has 0 nitrogen and oxygen atoms in total. The van der Waals surface area contributed by atoms with E-state index in [2.05, 4.69) is 24.8 Å². The molecule has 0 amide bonds. The Labute approximate surface area is 93.9 Å². The monoisotopic (exact) mass is 220 g/mol. The molecular formula is C12H9ClS. The summed E-state index contributed by atoms with van der Waals surface area (Å²) >= 11 is 10.3. The zero-order valence-corrected chi connectivity index (χ0v) is 9.09. The van der Waals surface area contributed by atoms with Crippen molar-refractivity contribution in [2.24, 2.45) is 0 Å². The van der Waals surface area contributed by atoms with E-state index in [1.807, 2.05) is 36.4 Å². The number of benzene rings is 2. The van der Waals surface area contributed by atoms with Gasteiger partial charge in [-0.05, 0) is 23.3 Å². The Bertz CT molecular complexity index is 437. The van der Waals surface area contributed by atoms with Crippen molar-refractivity contribution in [1.82, 2.24) is 0 Å². The van der Waals surface area contributed by atoms with Crippen LogP contribution in [0.25, 0.3) is 11.1 Å². The van der Waals surface area contributed by atoms with Gasteiger partial charge in [0.05, 0.1) is 0 Å². The Morgan fingerprint density at radius 2 is 1.64 bits per heavy atom. The van der Waals surface area contributed by atoms with Gasteiger partial charge in [0.1, 0.15) is 0 Å². The Morgan fingerprint density at radius 1 is 0.929 bits per heavy atom. The molecule has 0 fully saturated rings. The molecule has 2 rings (SSSR count).